The zero-order chi connectivity index (χ0) is 21.8. The molecule has 6 nitrogen and oxygen atoms in total. The van der Waals surface area contributed by atoms with E-state index in [1.165, 1.54) is 0 Å². The van der Waals surface area contributed by atoms with Crippen LogP contribution >= 0.6 is 11.6 Å². The lowest BCUT2D eigenvalue weighted by Gasteiger charge is -2.33. The maximum Gasteiger partial charge on any atom is 0.326 e. The van der Waals surface area contributed by atoms with Gasteiger partial charge < -0.3 is 9.88 Å². The lowest BCUT2D eigenvalue weighted by Crippen LogP contribution is -2.40. The van der Waals surface area contributed by atoms with Crippen molar-refractivity contribution in [2.24, 2.45) is 0 Å². The molecule has 162 valence electrons. The molecular weight excluding hydrogens is 424 g/mol. The number of rotatable bonds is 3. The number of piperidine rings is 1. The van der Waals surface area contributed by atoms with Crippen LogP contribution in [0.1, 0.15) is 53.7 Å². The first-order chi connectivity index (χ1) is 15.6. The minimum atomic E-state index is -0.0835. The van der Waals surface area contributed by atoms with Crippen molar-refractivity contribution in [3.05, 3.63) is 75.3 Å². The number of fused-ring (bicyclic) bond motifs is 2. The van der Waals surface area contributed by atoms with Gasteiger partial charge in [-0.2, -0.15) is 0 Å². The van der Waals surface area contributed by atoms with E-state index in [9.17, 15) is 9.59 Å². The molecule has 6 rings (SSSR count). The van der Waals surface area contributed by atoms with Crippen LogP contribution in [0.5, 0.6) is 0 Å². The summed E-state index contributed by atoms with van der Waals surface area (Å²) in [7, 11) is 0. The Labute approximate surface area is 189 Å². The fourth-order valence-electron chi connectivity index (χ4n) is 4.92. The molecule has 1 saturated carbocycles. The van der Waals surface area contributed by atoms with Gasteiger partial charge in [0, 0.05) is 41.2 Å². The molecule has 7 heteroatoms. The number of pyridine rings is 1. The van der Waals surface area contributed by atoms with Crippen LogP contribution in [0, 0.1) is 0 Å². The molecule has 2 aliphatic rings. The molecule has 32 heavy (non-hydrogen) atoms. The number of hydrogen-bond donors (Lipinski definition) is 1. The molecule has 3 heterocycles. The molecule has 4 aromatic rings. The molecule has 1 amide bonds. The SMILES string of the molecule is O=C(c1cc(C2CC2)nc2ccc(Cl)cc12)N1CCC(n2c(=O)[nH]c3ccccc32)CC1. The number of benzene rings is 2. The number of carbonyl (C=O) groups excluding carboxylic acids is 1. The highest BCUT2D eigenvalue weighted by Crippen LogP contribution is 2.40. The molecule has 0 bridgehead atoms. The van der Waals surface area contributed by atoms with Crippen LogP contribution in [0.25, 0.3) is 21.9 Å². The summed E-state index contributed by atoms with van der Waals surface area (Å²) in [6, 6.07) is 15.4. The van der Waals surface area contributed by atoms with Gasteiger partial charge in [0.25, 0.3) is 5.91 Å². The molecule has 0 spiro atoms. The topological polar surface area (TPSA) is 71.0 Å². The summed E-state index contributed by atoms with van der Waals surface area (Å²) in [5.74, 6) is 0.479. The van der Waals surface area contributed by atoms with Gasteiger partial charge in [-0.3, -0.25) is 14.3 Å². The number of nitrogens with zero attached hydrogens (tertiary/aromatic N) is 3. The molecule has 1 N–H and O–H groups in total. The number of halogens is 1. The summed E-state index contributed by atoms with van der Waals surface area (Å²) >= 11 is 6.25. The number of aromatic nitrogens is 3. The van der Waals surface area contributed by atoms with Crippen molar-refractivity contribution in [3.63, 3.8) is 0 Å². The molecule has 2 aromatic carbocycles. The van der Waals surface area contributed by atoms with Crippen molar-refractivity contribution >= 4 is 39.4 Å². The summed E-state index contributed by atoms with van der Waals surface area (Å²) in [5.41, 5.74) is 4.20. The van der Waals surface area contributed by atoms with Crippen LogP contribution < -0.4 is 5.69 Å². The van der Waals surface area contributed by atoms with Gasteiger partial charge in [-0.05, 0) is 62.1 Å². The standard InChI is InChI=1S/C25H23ClN4O2/c26-16-7-8-20-18(13-16)19(14-22(27-20)15-5-6-15)24(31)29-11-9-17(10-12-29)30-23-4-2-1-3-21(23)28-25(30)32/h1-4,7-8,13-15,17H,5-6,9-12H2,(H,28,32). The van der Waals surface area contributed by atoms with E-state index in [0.29, 0.717) is 29.6 Å². The largest absolute Gasteiger partial charge is 0.338 e. The van der Waals surface area contributed by atoms with Crippen LogP contribution in [0.15, 0.2) is 53.3 Å². The van der Waals surface area contributed by atoms with E-state index < -0.39 is 0 Å². The van der Waals surface area contributed by atoms with Crippen molar-refractivity contribution in [2.45, 2.75) is 37.6 Å². The van der Waals surface area contributed by atoms with Gasteiger partial charge in [-0.25, -0.2) is 4.79 Å². The second-order valence-corrected chi connectivity index (χ2v) is 9.31. The Morgan fingerprint density at radius 3 is 2.59 bits per heavy atom. The smallest absolute Gasteiger partial charge is 0.326 e. The molecule has 0 unspecified atom stereocenters. The second-order valence-electron chi connectivity index (χ2n) is 8.87. The predicted octanol–water partition coefficient (Wildman–Crippen LogP) is 4.89. The Hall–Kier alpha value is -3.12. The first-order valence-corrected chi connectivity index (χ1v) is 11.5. The zero-order valence-electron chi connectivity index (χ0n) is 17.6. The maximum absolute atomic E-state index is 13.6. The highest BCUT2D eigenvalue weighted by molar-refractivity contribution is 6.31. The van der Waals surface area contributed by atoms with Crippen molar-refractivity contribution in [2.75, 3.05) is 13.1 Å². The minimum absolute atomic E-state index is 0.0197. The fourth-order valence-corrected chi connectivity index (χ4v) is 5.09. The van der Waals surface area contributed by atoms with Crippen molar-refractivity contribution in [3.8, 4) is 0 Å². The average Bonchev–Trinajstić information content (AvgIpc) is 3.60. The third-order valence-electron chi connectivity index (χ3n) is 6.76. The monoisotopic (exact) mass is 446 g/mol. The number of H-pyrrole nitrogens is 1. The predicted molar refractivity (Wildman–Crippen MR) is 125 cm³/mol. The molecule has 2 aromatic heterocycles. The molecule has 2 fully saturated rings. The average molecular weight is 447 g/mol. The number of nitrogens with one attached hydrogen (secondary N) is 1. The van der Waals surface area contributed by atoms with Crippen LogP contribution in [-0.2, 0) is 0 Å². The third kappa shape index (κ3) is 3.30. The number of para-hydroxylation sites is 2. The van der Waals surface area contributed by atoms with Gasteiger partial charge in [0.1, 0.15) is 0 Å². The van der Waals surface area contributed by atoms with E-state index in [0.717, 1.165) is 53.3 Å². The molecule has 1 aliphatic heterocycles. The summed E-state index contributed by atoms with van der Waals surface area (Å²) < 4.78 is 1.85. The lowest BCUT2D eigenvalue weighted by atomic mass is 10.0. The Bertz CT molecular complexity index is 1410. The first kappa shape index (κ1) is 19.6. The Balaban J connectivity index is 1.29. The molecule has 1 aliphatic carbocycles. The minimum Gasteiger partial charge on any atom is -0.338 e. The van der Waals surface area contributed by atoms with Gasteiger partial charge in [0.15, 0.2) is 0 Å². The Kier molecular flexibility index (Phi) is 4.57. The summed E-state index contributed by atoms with van der Waals surface area (Å²) in [4.78, 5) is 35.8. The van der Waals surface area contributed by atoms with Crippen molar-refractivity contribution in [1.29, 1.82) is 0 Å². The molecule has 0 atom stereocenters. The van der Waals surface area contributed by atoms with E-state index in [1.807, 2.05) is 58.0 Å². The normalized spacial score (nSPS) is 17.3. The van der Waals surface area contributed by atoms with Crippen LogP contribution in [0.2, 0.25) is 5.02 Å². The zero-order valence-corrected chi connectivity index (χ0v) is 18.3. The summed E-state index contributed by atoms with van der Waals surface area (Å²) in [6.07, 6.45) is 3.74. The number of imidazole rings is 1. The highest BCUT2D eigenvalue weighted by atomic mass is 35.5. The summed E-state index contributed by atoms with van der Waals surface area (Å²) in [5, 5.41) is 1.41. The molecular formula is C25H23ClN4O2. The van der Waals surface area contributed by atoms with E-state index >= 15 is 0 Å². The van der Waals surface area contributed by atoms with Crippen molar-refractivity contribution in [1.82, 2.24) is 19.4 Å². The van der Waals surface area contributed by atoms with Gasteiger partial charge >= 0.3 is 5.69 Å². The third-order valence-corrected chi connectivity index (χ3v) is 6.99. The van der Waals surface area contributed by atoms with Gasteiger partial charge in [0.05, 0.1) is 22.1 Å². The number of amides is 1. The van der Waals surface area contributed by atoms with Gasteiger partial charge in [-0.1, -0.05) is 23.7 Å². The number of aromatic amines is 1. The van der Waals surface area contributed by atoms with Crippen LogP contribution in [0.4, 0.5) is 0 Å². The first-order valence-electron chi connectivity index (χ1n) is 11.2. The van der Waals surface area contributed by atoms with E-state index in [4.69, 9.17) is 16.6 Å². The van der Waals surface area contributed by atoms with E-state index in [-0.39, 0.29) is 17.6 Å². The summed E-state index contributed by atoms with van der Waals surface area (Å²) in [6.45, 7) is 1.22. The fraction of sp³-hybridized carbons (Fsp3) is 0.320. The van der Waals surface area contributed by atoms with Gasteiger partial charge in [-0.15, -0.1) is 0 Å². The van der Waals surface area contributed by atoms with Crippen LogP contribution in [0.3, 0.4) is 0 Å². The van der Waals surface area contributed by atoms with Gasteiger partial charge in [0.2, 0.25) is 0 Å². The lowest BCUT2D eigenvalue weighted by molar-refractivity contribution is 0.0697. The second kappa shape index (κ2) is 7.48. The van der Waals surface area contributed by atoms with E-state index in [1.54, 1.807) is 0 Å². The highest BCUT2D eigenvalue weighted by Gasteiger charge is 2.30. The number of likely N-dealkylation sites (tertiary alicyclic amines) is 1. The molecule has 0 radical (unpaired) electrons. The number of hydrogen-bond acceptors (Lipinski definition) is 3. The van der Waals surface area contributed by atoms with Crippen LogP contribution in [-0.4, -0.2) is 38.4 Å². The quantitative estimate of drug-likeness (QED) is 0.487. The maximum atomic E-state index is 13.6. The Morgan fingerprint density at radius 1 is 1.03 bits per heavy atom. The van der Waals surface area contributed by atoms with Crippen molar-refractivity contribution < 1.29 is 4.79 Å². The Morgan fingerprint density at radius 2 is 1.81 bits per heavy atom. The molecule has 1 saturated heterocycles. The van der Waals surface area contributed by atoms with E-state index in [2.05, 4.69) is 4.98 Å². The number of carbonyl (C=O) groups is 1.